The molecule has 2 N–H and O–H groups in total. The zero-order valence-electron chi connectivity index (χ0n) is 19.4. The van der Waals surface area contributed by atoms with Crippen LogP contribution in [0.25, 0.3) is 0 Å². The molecule has 0 bridgehead atoms. The molecule has 2 aliphatic heterocycles. The fourth-order valence-corrected chi connectivity index (χ4v) is 4.31. The highest BCUT2D eigenvalue weighted by atomic mass is 19.3. The number of hydrogen-bond acceptors (Lipinski definition) is 6. The highest BCUT2D eigenvalue weighted by Gasteiger charge is 2.29. The number of anilines is 2. The van der Waals surface area contributed by atoms with Crippen molar-refractivity contribution in [3.05, 3.63) is 47.0 Å². The van der Waals surface area contributed by atoms with Crippen molar-refractivity contribution in [3.63, 3.8) is 0 Å². The summed E-state index contributed by atoms with van der Waals surface area (Å²) in [5, 5.41) is 5.34. The molecule has 1 unspecified atom stereocenters. The number of benzene rings is 2. The Balaban J connectivity index is 1.45. The summed E-state index contributed by atoms with van der Waals surface area (Å²) in [5.41, 5.74) is 3.82. The Bertz CT molecular complexity index is 1090. The van der Waals surface area contributed by atoms with Crippen molar-refractivity contribution in [2.24, 2.45) is 0 Å². The molecule has 2 amide bonds. The first-order valence-corrected chi connectivity index (χ1v) is 11.1. The molecule has 2 heterocycles. The van der Waals surface area contributed by atoms with Gasteiger partial charge < -0.3 is 25.0 Å². The third kappa shape index (κ3) is 5.06. The van der Waals surface area contributed by atoms with E-state index in [-0.39, 0.29) is 23.3 Å². The van der Waals surface area contributed by atoms with E-state index < -0.39 is 12.7 Å². The first-order valence-electron chi connectivity index (χ1n) is 11.1. The topological polar surface area (TPSA) is 83.1 Å². The Labute approximate surface area is 196 Å². The number of carbonyl (C=O) groups is 2. The van der Waals surface area contributed by atoms with E-state index in [0.717, 1.165) is 43.0 Å². The second kappa shape index (κ2) is 9.84. The first kappa shape index (κ1) is 23.7. The summed E-state index contributed by atoms with van der Waals surface area (Å²) in [7, 11) is 1.61. The molecule has 0 spiro atoms. The zero-order valence-corrected chi connectivity index (χ0v) is 19.4. The van der Waals surface area contributed by atoms with Gasteiger partial charge in [-0.2, -0.15) is 8.78 Å². The highest BCUT2D eigenvalue weighted by molar-refractivity contribution is 5.98. The summed E-state index contributed by atoms with van der Waals surface area (Å²) in [5.74, 6) is -0.411. The fraction of sp³-hybridized carbons (Fsp3) is 0.417. The highest BCUT2D eigenvalue weighted by Crippen LogP contribution is 2.41. The predicted octanol–water partition coefficient (Wildman–Crippen LogP) is 3.00. The lowest BCUT2D eigenvalue weighted by Gasteiger charge is -2.37. The molecule has 10 heteroatoms. The number of alkyl halides is 2. The number of ether oxygens (including phenoxy) is 2. The SMILES string of the molecule is CNC(=O)c1ccc(N2CCN(Cc3cc4c(c(OC(F)F)c3)OC(C)C(=O)N4)CC2)c(C)c1. The maximum absolute atomic E-state index is 13.0. The van der Waals surface area contributed by atoms with Crippen molar-refractivity contribution in [2.75, 3.05) is 43.4 Å². The van der Waals surface area contributed by atoms with E-state index >= 15 is 0 Å². The minimum absolute atomic E-state index is 0.0835. The summed E-state index contributed by atoms with van der Waals surface area (Å²) in [6.45, 7) is 4.13. The molecule has 1 atom stereocenters. The van der Waals surface area contributed by atoms with Crippen LogP contribution < -0.4 is 25.0 Å². The number of amides is 2. The van der Waals surface area contributed by atoms with Gasteiger partial charge in [0.15, 0.2) is 17.6 Å². The van der Waals surface area contributed by atoms with Gasteiger partial charge in [0.05, 0.1) is 5.69 Å². The van der Waals surface area contributed by atoms with Crippen LogP contribution in [0.3, 0.4) is 0 Å². The van der Waals surface area contributed by atoms with Gasteiger partial charge in [-0.15, -0.1) is 0 Å². The van der Waals surface area contributed by atoms with Crippen LogP contribution in [-0.4, -0.2) is 62.7 Å². The molecule has 0 saturated carbocycles. The number of halogens is 2. The summed E-state index contributed by atoms with van der Waals surface area (Å²) in [6.07, 6.45) is -0.791. The van der Waals surface area contributed by atoms with E-state index in [2.05, 4.69) is 25.2 Å². The summed E-state index contributed by atoms with van der Waals surface area (Å²) in [6, 6.07) is 8.96. The third-order valence-corrected chi connectivity index (χ3v) is 6.06. The maximum Gasteiger partial charge on any atom is 0.387 e. The summed E-state index contributed by atoms with van der Waals surface area (Å²) < 4.78 is 36.1. The number of piperazine rings is 1. The van der Waals surface area contributed by atoms with Crippen LogP contribution in [0.15, 0.2) is 30.3 Å². The molecular weight excluding hydrogens is 446 g/mol. The molecule has 8 nitrogen and oxygen atoms in total. The quantitative estimate of drug-likeness (QED) is 0.670. The normalized spacial score (nSPS) is 18.2. The summed E-state index contributed by atoms with van der Waals surface area (Å²) in [4.78, 5) is 28.4. The average molecular weight is 475 g/mol. The Morgan fingerprint density at radius 3 is 2.62 bits per heavy atom. The van der Waals surface area contributed by atoms with Crippen LogP contribution in [0.1, 0.15) is 28.4 Å². The number of nitrogens with zero attached hydrogens (tertiary/aromatic N) is 2. The second-order valence-corrected chi connectivity index (χ2v) is 8.44. The Morgan fingerprint density at radius 2 is 1.97 bits per heavy atom. The number of carbonyl (C=O) groups excluding carboxylic acids is 2. The van der Waals surface area contributed by atoms with E-state index in [4.69, 9.17) is 4.74 Å². The van der Waals surface area contributed by atoms with Crippen molar-refractivity contribution in [1.29, 1.82) is 0 Å². The molecule has 1 saturated heterocycles. The number of hydrogen-bond donors (Lipinski definition) is 2. The molecule has 1 fully saturated rings. The minimum Gasteiger partial charge on any atom is -0.475 e. The van der Waals surface area contributed by atoms with Gasteiger partial charge in [-0.25, -0.2) is 0 Å². The van der Waals surface area contributed by atoms with E-state index in [1.165, 1.54) is 0 Å². The summed E-state index contributed by atoms with van der Waals surface area (Å²) >= 11 is 0. The molecule has 2 aromatic carbocycles. The van der Waals surface area contributed by atoms with Crippen molar-refractivity contribution < 1.29 is 27.8 Å². The van der Waals surface area contributed by atoms with E-state index in [1.807, 2.05) is 25.1 Å². The van der Waals surface area contributed by atoms with Crippen LogP contribution in [0, 0.1) is 6.92 Å². The van der Waals surface area contributed by atoms with E-state index in [9.17, 15) is 18.4 Å². The number of fused-ring (bicyclic) bond motifs is 1. The van der Waals surface area contributed by atoms with Crippen LogP contribution in [0.4, 0.5) is 20.2 Å². The molecule has 4 rings (SSSR count). The molecule has 182 valence electrons. The number of rotatable bonds is 6. The number of nitrogens with one attached hydrogen (secondary N) is 2. The van der Waals surface area contributed by atoms with Crippen LogP contribution in [0.2, 0.25) is 0 Å². The number of aryl methyl sites for hydroxylation is 1. The fourth-order valence-electron chi connectivity index (χ4n) is 4.31. The molecule has 0 aromatic heterocycles. The average Bonchev–Trinajstić information content (AvgIpc) is 2.80. The first-order chi connectivity index (χ1) is 16.2. The molecular formula is C24H28F2N4O4. The van der Waals surface area contributed by atoms with E-state index in [1.54, 1.807) is 26.1 Å². The van der Waals surface area contributed by atoms with Gasteiger partial charge in [-0.3, -0.25) is 14.5 Å². The lowest BCUT2D eigenvalue weighted by Crippen LogP contribution is -2.46. The van der Waals surface area contributed by atoms with Gasteiger partial charge in [0, 0.05) is 51.0 Å². The van der Waals surface area contributed by atoms with Gasteiger partial charge in [-0.1, -0.05) is 0 Å². The van der Waals surface area contributed by atoms with Gasteiger partial charge in [0.1, 0.15) is 0 Å². The Morgan fingerprint density at radius 1 is 1.24 bits per heavy atom. The van der Waals surface area contributed by atoms with Crippen molar-refractivity contribution in [1.82, 2.24) is 10.2 Å². The standard InChI is InChI=1S/C24H28F2N4O4/c1-14-10-17(23(32)27-3)4-5-19(14)30-8-6-29(7-9-30)13-16-11-18-21(20(12-16)34-24(25)26)33-15(2)22(31)28-18/h4-5,10-12,15,24H,6-9,13H2,1-3H3,(H,27,32)(H,28,31). The molecule has 0 radical (unpaired) electrons. The third-order valence-electron chi connectivity index (χ3n) is 6.06. The van der Waals surface area contributed by atoms with E-state index in [0.29, 0.717) is 17.8 Å². The van der Waals surface area contributed by atoms with Crippen LogP contribution in [-0.2, 0) is 11.3 Å². The lowest BCUT2D eigenvalue weighted by molar-refractivity contribution is -0.122. The van der Waals surface area contributed by atoms with Crippen molar-refractivity contribution in [3.8, 4) is 11.5 Å². The molecule has 2 aromatic rings. The maximum atomic E-state index is 13.0. The monoisotopic (exact) mass is 474 g/mol. The van der Waals surface area contributed by atoms with Gasteiger partial charge >= 0.3 is 6.61 Å². The van der Waals surface area contributed by atoms with Gasteiger partial charge in [0.25, 0.3) is 11.8 Å². The second-order valence-electron chi connectivity index (χ2n) is 8.44. The van der Waals surface area contributed by atoms with Crippen molar-refractivity contribution in [2.45, 2.75) is 33.1 Å². The molecule has 34 heavy (non-hydrogen) atoms. The van der Waals surface area contributed by atoms with Crippen molar-refractivity contribution >= 4 is 23.2 Å². The minimum atomic E-state index is -3.00. The largest absolute Gasteiger partial charge is 0.475 e. The van der Waals surface area contributed by atoms with Crippen LogP contribution >= 0.6 is 0 Å². The van der Waals surface area contributed by atoms with Crippen LogP contribution in [0.5, 0.6) is 11.5 Å². The van der Waals surface area contributed by atoms with Gasteiger partial charge in [0.2, 0.25) is 0 Å². The predicted molar refractivity (Wildman–Crippen MR) is 124 cm³/mol. The smallest absolute Gasteiger partial charge is 0.387 e. The van der Waals surface area contributed by atoms with Gasteiger partial charge in [-0.05, 0) is 55.3 Å². The zero-order chi connectivity index (χ0) is 24.4. The molecule has 2 aliphatic rings. The Kier molecular flexibility index (Phi) is 6.87. The Hall–Kier alpha value is -3.40. The molecule has 0 aliphatic carbocycles. The lowest BCUT2D eigenvalue weighted by atomic mass is 10.1.